The Morgan fingerprint density at radius 3 is 1.88 bits per heavy atom. The summed E-state index contributed by atoms with van der Waals surface area (Å²) in [4.78, 5) is 100. The highest BCUT2D eigenvalue weighted by Gasteiger charge is 2.42. The van der Waals surface area contributed by atoms with Crippen molar-refractivity contribution < 1.29 is 53.2 Å². The van der Waals surface area contributed by atoms with E-state index < -0.39 is 72.2 Å². The highest BCUT2D eigenvalue weighted by Crippen LogP contribution is 2.28. The molecule has 19 nitrogen and oxygen atoms in total. The maximum Gasteiger partial charge on any atom is 0.251 e. The highest BCUT2D eigenvalue weighted by molar-refractivity contribution is 5.99. The Labute approximate surface area is 476 Å². The number of aliphatic hydroxyl groups excluding tert-OH is 1. The Kier molecular flexibility index (Phi) is 25.0. The number of aromatic hydroxyl groups is 1. The van der Waals surface area contributed by atoms with Gasteiger partial charge < -0.3 is 56.1 Å². The van der Waals surface area contributed by atoms with Crippen LogP contribution in [0.3, 0.4) is 0 Å². The molecule has 0 aromatic heterocycles. The fourth-order valence-electron chi connectivity index (χ4n) is 10.2. The summed E-state index contributed by atoms with van der Waals surface area (Å²) in [6.45, 7) is 11.3. The Bertz CT molecular complexity index is 2670. The average molecular weight is 1120 g/mol. The molecule has 0 saturated carbocycles. The molecule has 7 amide bonds. The molecular weight excluding hydrogens is 1030 g/mol. The lowest BCUT2D eigenvalue weighted by Crippen LogP contribution is -2.59. The molecule has 81 heavy (non-hydrogen) atoms. The second kappa shape index (κ2) is 32.2. The Hall–Kier alpha value is -7.35. The lowest BCUT2D eigenvalue weighted by atomic mass is 9.99. The summed E-state index contributed by atoms with van der Waals surface area (Å²) in [7, 11) is 0. The Morgan fingerprint density at radius 1 is 0.654 bits per heavy atom. The van der Waals surface area contributed by atoms with Gasteiger partial charge in [0.25, 0.3) is 5.91 Å². The average Bonchev–Trinajstić information content (AvgIpc) is 4.35. The molecule has 0 aliphatic carbocycles. The minimum atomic E-state index is -1.15. The molecule has 4 aromatic rings. The van der Waals surface area contributed by atoms with E-state index in [4.69, 9.17) is 14.6 Å². The van der Waals surface area contributed by atoms with Crippen LogP contribution >= 0.6 is 0 Å². The van der Waals surface area contributed by atoms with E-state index in [0.29, 0.717) is 64.0 Å². The molecule has 7 atom stereocenters. The molecule has 4 aromatic carbocycles. The molecule has 2 fully saturated rings. The zero-order valence-corrected chi connectivity index (χ0v) is 47.7. The smallest absolute Gasteiger partial charge is 0.251 e. The van der Waals surface area contributed by atoms with Crippen LogP contribution in [0.5, 0.6) is 11.5 Å². The van der Waals surface area contributed by atoms with Crippen molar-refractivity contribution in [2.45, 2.75) is 142 Å². The highest BCUT2D eigenvalue weighted by atomic mass is 16.5. The summed E-state index contributed by atoms with van der Waals surface area (Å²) in [5.41, 5.74) is 5.15. The van der Waals surface area contributed by atoms with E-state index in [2.05, 4.69) is 38.8 Å². The fourth-order valence-corrected chi connectivity index (χ4v) is 10.2. The lowest BCUT2D eigenvalue weighted by molar-refractivity contribution is -0.143. The second-order valence-corrected chi connectivity index (χ2v) is 21.0. The summed E-state index contributed by atoms with van der Waals surface area (Å²) < 4.78 is 11.2. The van der Waals surface area contributed by atoms with Crippen LogP contribution in [0.15, 0.2) is 97.1 Å². The molecule has 2 heterocycles. The van der Waals surface area contributed by atoms with Crippen LogP contribution < -0.4 is 36.6 Å². The van der Waals surface area contributed by atoms with Crippen LogP contribution in [0, 0.1) is 5.92 Å². The number of nitrogens with one attached hydrogen (secondary N) is 6. The third-order valence-corrected chi connectivity index (χ3v) is 14.9. The number of carbonyl (C=O) groups is 7. The minimum Gasteiger partial charge on any atom is -0.508 e. The van der Waals surface area contributed by atoms with Gasteiger partial charge in [-0.1, -0.05) is 108 Å². The zero-order chi connectivity index (χ0) is 58.3. The van der Waals surface area contributed by atoms with E-state index in [-0.39, 0.29) is 62.8 Å². The number of aryl methyl sites for hydroxylation is 1. The van der Waals surface area contributed by atoms with Gasteiger partial charge in [-0.15, -0.1) is 0 Å². The molecule has 8 N–H and O–H groups in total. The van der Waals surface area contributed by atoms with Gasteiger partial charge in [0.05, 0.1) is 39.1 Å². The van der Waals surface area contributed by atoms with Crippen LogP contribution in [-0.4, -0.2) is 150 Å². The Balaban J connectivity index is 1.03. The predicted octanol–water partition coefficient (Wildman–Crippen LogP) is 5.61. The largest absolute Gasteiger partial charge is 0.508 e. The first kappa shape index (κ1) is 62.8. The predicted molar refractivity (Wildman–Crippen MR) is 310 cm³/mol. The summed E-state index contributed by atoms with van der Waals surface area (Å²) in [6, 6.07) is 24.8. The first-order chi connectivity index (χ1) is 39.2. The van der Waals surface area contributed by atoms with Crippen LogP contribution in [0.1, 0.15) is 115 Å². The van der Waals surface area contributed by atoms with Gasteiger partial charge in [-0.2, -0.15) is 0 Å². The molecule has 6 rings (SSSR count). The van der Waals surface area contributed by atoms with E-state index in [0.717, 1.165) is 52.8 Å². The molecule has 0 radical (unpaired) electrons. The van der Waals surface area contributed by atoms with Gasteiger partial charge in [0.15, 0.2) is 0 Å². The monoisotopic (exact) mass is 1120 g/mol. The summed E-state index contributed by atoms with van der Waals surface area (Å²) >= 11 is 0. The van der Waals surface area contributed by atoms with Crippen LogP contribution in [0.25, 0.3) is 22.3 Å². The van der Waals surface area contributed by atoms with Gasteiger partial charge in [0.1, 0.15) is 41.7 Å². The van der Waals surface area contributed by atoms with E-state index in [1.165, 1.54) is 21.9 Å². The van der Waals surface area contributed by atoms with Gasteiger partial charge >= 0.3 is 0 Å². The number of carbonyl (C=O) groups excluding carboxylic acids is 7. The van der Waals surface area contributed by atoms with Crippen molar-refractivity contribution in [1.82, 2.24) is 41.7 Å². The molecule has 6 unspecified atom stereocenters. The maximum absolute atomic E-state index is 14.3. The SMILES string of the molecule is CCCCCOc1ccc(-c2ccc(-c3ccc(C(=O)NCC(=O)NC(CC)C(=O)N4CCCC4C(=O)NC(CCc4ccc(O)cc4)C(=O)NC(CC)C(=O)N4C[C@H](C)CC4C(=O)NC(CC)NCCOCCO)cc3)cc2)cc1. The second-order valence-electron chi connectivity index (χ2n) is 21.0. The number of likely N-dealkylation sites (tertiary alicyclic amines) is 2. The third kappa shape index (κ3) is 18.6. The first-order valence-electron chi connectivity index (χ1n) is 28.9. The molecular formula is C62H84N8O11. The standard InChI is InChI=1S/C62H84N8O11/c1-6-10-11-35-81-49-29-25-46(26-30-49)44-19-17-43(18-20-44)45-21-23-47(24-22-45)57(74)64-39-56(73)65-50(7-2)61(78)69-33-12-13-53(69)59(76)67-52(31-16-42-14-27-48(72)28-15-42)58(75)66-51(8-3)62(79)70-40-41(5)38-54(70)60(77)68-55(9-4)63-32-36-80-37-34-71/h14-15,17-30,41,50-55,63,71-72H,6-13,16,31-40H2,1-5H3,(H,64,74)(H,65,73)(H,66,75)(H,67,76)(H,68,77)/t41-,50?,51?,52?,53?,54?,55?/m1/s1. The normalized spacial score (nSPS) is 17.3. The number of amides is 7. The van der Waals surface area contributed by atoms with Gasteiger partial charge in [-0.05, 0) is 128 Å². The molecule has 2 aliphatic heterocycles. The lowest BCUT2D eigenvalue weighted by Gasteiger charge is -2.31. The van der Waals surface area contributed by atoms with Gasteiger partial charge in [0, 0.05) is 25.2 Å². The topological polar surface area (TPSA) is 257 Å². The van der Waals surface area contributed by atoms with E-state index in [1.807, 2.05) is 74.5 Å². The number of nitrogens with zero attached hydrogens (tertiary/aromatic N) is 2. The van der Waals surface area contributed by atoms with Crippen molar-refractivity contribution in [3.63, 3.8) is 0 Å². The molecule has 2 saturated heterocycles. The summed E-state index contributed by atoms with van der Waals surface area (Å²) in [5.74, 6) is -2.55. The number of phenols is 1. The molecule has 19 heteroatoms. The van der Waals surface area contributed by atoms with Crippen molar-refractivity contribution in [3.05, 3.63) is 108 Å². The first-order valence-corrected chi connectivity index (χ1v) is 28.9. The number of ether oxygens (including phenoxy) is 2. The molecule has 2 aliphatic rings. The molecule has 438 valence electrons. The van der Waals surface area contributed by atoms with E-state index >= 15 is 0 Å². The van der Waals surface area contributed by atoms with Crippen molar-refractivity contribution >= 4 is 41.4 Å². The summed E-state index contributed by atoms with van der Waals surface area (Å²) in [5, 5.41) is 36.2. The zero-order valence-electron chi connectivity index (χ0n) is 47.7. The van der Waals surface area contributed by atoms with E-state index in [1.54, 1.807) is 38.1 Å². The van der Waals surface area contributed by atoms with Crippen LogP contribution in [-0.2, 0) is 39.9 Å². The van der Waals surface area contributed by atoms with Crippen LogP contribution in [0.2, 0.25) is 0 Å². The van der Waals surface area contributed by atoms with Gasteiger partial charge in [-0.3, -0.25) is 38.9 Å². The number of hydrogen-bond acceptors (Lipinski definition) is 12. The number of rotatable bonds is 31. The molecule has 0 bridgehead atoms. The fraction of sp³-hybridized carbons (Fsp3) is 0.500. The Morgan fingerprint density at radius 2 is 1.26 bits per heavy atom. The van der Waals surface area contributed by atoms with Crippen molar-refractivity contribution in [2.75, 3.05) is 52.6 Å². The van der Waals surface area contributed by atoms with Crippen molar-refractivity contribution in [1.29, 1.82) is 0 Å². The quantitative estimate of drug-likeness (QED) is 0.0226. The summed E-state index contributed by atoms with van der Waals surface area (Å²) in [6.07, 6.45) is 5.56. The third-order valence-electron chi connectivity index (χ3n) is 14.9. The van der Waals surface area contributed by atoms with Gasteiger partial charge in [-0.25, -0.2) is 0 Å². The van der Waals surface area contributed by atoms with Crippen molar-refractivity contribution in [3.8, 4) is 33.8 Å². The van der Waals surface area contributed by atoms with E-state index in [9.17, 15) is 38.7 Å². The molecule has 0 spiro atoms. The number of aliphatic hydroxyl groups is 1. The number of hydrogen-bond donors (Lipinski definition) is 8. The van der Waals surface area contributed by atoms with Gasteiger partial charge in [0.2, 0.25) is 35.4 Å². The number of unbranched alkanes of at least 4 members (excludes halogenated alkanes) is 2. The number of benzene rings is 4. The van der Waals surface area contributed by atoms with Crippen LogP contribution in [0.4, 0.5) is 0 Å². The number of phenolic OH excluding ortho intramolecular Hbond substituents is 1. The maximum atomic E-state index is 14.3. The minimum absolute atomic E-state index is 0.0101. The van der Waals surface area contributed by atoms with Crippen molar-refractivity contribution in [2.24, 2.45) is 5.92 Å².